The average Bonchev–Trinajstić information content (AvgIpc) is 2.98. The van der Waals surface area contributed by atoms with E-state index in [0.717, 1.165) is 25.2 Å². The fourth-order valence-corrected chi connectivity index (χ4v) is 3.32. The lowest BCUT2D eigenvalue weighted by Crippen LogP contribution is -2.22. The van der Waals surface area contributed by atoms with Crippen molar-refractivity contribution < 1.29 is 21.6 Å². The van der Waals surface area contributed by atoms with Gasteiger partial charge in [-0.15, -0.1) is 0 Å². The predicted octanol–water partition coefficient (Wildman–Crippen LogP) is -1.08. The Bertz CT molecular complexity index is 679. The summed E-state index contributed by atoms with van der Waals surface area (Å²) in [5.41, 5.74) is 0. The number of nitrogens with zero attached hydrogens (tertiary/aromatic N) is 1. The van der Waals surface area contributed by atoms with Crippen molar-refractivity contribution in [3.05, 3.63) is 12.4 Å². The Morgan fingerprint density at radius 3 is 2.17 bits per heavy atom. The van der Waals surface area contributed by atoms with Crippen LogP contribution in [0.5, 0.6) is 5.75 Å². The van der Waals surface area contributed by atoms with Crippen molar-refractivity contribution in [2.75, 3.05) is 0 Å². The summed E-state index contributed by atoms with van der Waals surface area (Å²) in [4.78, 5) is 2.29. The van der Waals surface area contributed by atoms with Crippen molar-refractivity contribution in [2.24, 2.45) is 10.3 Å². The average molecular weight is 293 g/mol. The summed E-state index contributed by atoms with van der Waals surface area (Å²) in [7, 11) is -8.55. The van der Waals surface area contributed by atoms with Crippen LogP contribution in [0, 0.1) is 0 Å². The summed E-state index contributed by atoms with van der Waals surface area (Å²) in [5.74, 6) is -0.188. The van der Waals surface area contributed by atoms with Crippen LogP contribution in [0.3, 0.4) is 0 Å². The molecule has 8 nitrogen and oxygen atoms in total. The molecule has 0 saturated heterocycles. The minimum Gasteiger partial charge on any atom is -0.487 e. The Morgan fingerprint density at radius 1 is 1.11 bits per heavy atom. The molecule has 1 fully saturated rings. The van der Waals surface area contributed by atoms with Crippen LogP contribution in [0.2, 0.25) is 0 Å². The molecule has 0 aliphatic heterocycles. The third-order valence-corrected chi connectivity index (χ3v) is 4.28. The Labute approximate surface area is 104 Å². The van der Waals surface area contributed by atoms with Gasteiger partial charge >= 0.3 is 0 Å². The number of sulfonamides is 2. The topological polar surface area (TPSA) is 142 Å². The molecule has 0 bridgehead atoms. The first-order valence-corrected chi connectivity index (χ1v) is 7.99. The first-order valence-electron chi connectivity index (χ1n) is 4.90. The molecule has 1 aliphatic rings. The normalized spacial score (nSPS) is 16.6. The van der Waals surface area contributed by atoms with Gasteiger partial charge in [-0.25, -0.2) is 27.1 Å². The molecule has 4 N–H and O–H groups in total. The Morgan fingerprint density at radius 2 is 1.72 bits per heavy atom. The third-order valence-electron chi connectivity index (χ3n) is 2.24. The quantitative estimate of drug-likeness (QED) is 0.722. The molecule has 0 radical (unpaired) electrons. The van der Waals surface area contributed by atoms with Crippen molar-refractivity contribution in [1.82, 2.24) is 4.98 Å². The molecule has 0 spiro atoms. The Balaban J connectivity index is 2.67. The van der Waals surface area contributed by atoms with Crippen LogP contribution in [0.1, 0.15) is 12.8 Å². The van der Waals surface area contributed by atoms with Crippen LogP contribution >= 0.6 is 0 Å². The summed E-state index contributed by atoms with van der Waals surface area (Å²) >= 11 is 0. The van der Waals surface area contributed by atoms with E-state index < -0.39 is 29.8 Å². The lowest BCUT2D eigenvalue weighted by Gasteiger charge is -2.11. The molecule has 1 saturated carbocycles. The highest BCUT2D eigenvalue weighted by molar-refractivity contribution is 7.92. The van der Waals surface area contributed by atoms with E-state index in [-0.39, 0.29) is 11.9 Å². The zero-order valence-electron chi connectivity index (χ0n) is 9.11. The van der Waals surface area contributed by atoms with E-state index in [1.54, 1.807) is 0 Å². The van der Waals surface area contributed by atoms with Crippen molar-refractivity contribution >= 4 is 20.0 Å². The van der Waals surface area contributed by atoms with E-state index in [4.69, 9.17) is 15.0 Å². The number of hydrogen-bond acceptors (Lipinski definition) is 6. The van der Waals surface area contributed by atoms with E-state index in [0.29, 0.717) is 0 Å². The predicted molar refractivity (Wildman–Crippen MR) is 60.6 cm³/mol. The number of aromatic nitrogens is 1. The number of hydrogen-bond donors (Lipinski definition) is 2. The molecule has 18 heavy (non-hydrogen) atoms. The molecule has 0 amide bonds. The molecular weight excluding hydrogens is 282 g/mol. The maximum Gasteiger partial charge on any atom is 0.243 e. The van der Waals surface area contributed by atoms with Gasteiger partial charge in [-0.1, -0.05) is 0 Å². The molecular formula is C8H11N3O5S2. The summed E-state index contributed by atoms with van der Waals surface area (Å²) in [6, 6.07) is 0. The van der Waals surface area contributed by atoms with E-state index in [1.165, 1.54) is 0 Å². The fourth-order valence-electron chi connectivity index (χ4n) is 1.34. The minimum absolute atomic E-state index is 0.136. The third kappa shape index (κ3) is 2.77. The molecule has 100 valence electrons. The van der Waals surface area contributed by atoms with Crippen LogP contribution in [0.15, 0.2) is 22.2 Å². The fraction of sp³-hybridized carbons (Fsp3) is 0.375. The van der Waals surface area contributed by atoms with Gasteiger partial charge in [0, 0.05) is 6.20 Å². The number of rotatable bonds is 4. The number of nitrogens with two attached hydrogens (primary N) is 2. The van der Waals surface area contributed by atoms with E-state index >= 15 is 0 Å². The Kier molecular flexibility index (Phi) is 3.05. The van der Waals surface area contributed by atoms with Crippen LogP contribution in [-0.2, 0) is 20.0 Å². The minimum atomic E-state index is -4.29. The van der Waals surface area contributed by atoms with E-state index in [2.05, 4.69) is 4.98 Å². The molecule has 0 unspecified atom stereocenters. The second-order valence-corrected chi connectivity index (χ2v) is 6.90. The molecule has 1 heterocycles. The molecule has 1 aromatic heterocycles. The molecule has 0 aromatic carbocycles. The lowest BCUT2D eigenvalue weighted by molar-refractivity contribution is 0.292. The van der Waals surface area contributed by atoms with Gasteiger partial charge in [0.2, 0.25) is 20.0 Å². The number of primary sulfonamides is 2. The summed E-state index contributed by atoms with van der Waals surface area (Å²) in [5, 5.41) is 9.92. The van der Waals surface area contributed by atoms with Crippen molar-refractivity contribution in [2.45, 2.75) is 28.7 Å². The molecule has 10 heteroatoms. The summed E-state index contributed by atoms with van der Waals surface area (Å²) in [6.45, 7) is 0. The van der Waals surface area contributed by atoms with Crippen LogP contribution in [0.25, 0.3) is 0 Å². The van der Waals surface area contributed by atoms with E-state index in [9.17, 15) is 16.8 Å². The largest absolute Gasteiger partial charge is 0.487 e. The first-order chi connectivity index (χ1) is 8.19. The monoisotopic (exact) mass is 293 g/mol. The van der Waals surface area contributed by atoms with Crippen LogP contribution in [-0.4, -0.2) is 27.9 Å². The van der Waals surface area contributed by atoms with Crippen molar-refractivity contribution in [1.29, 1.82) is 0 Å². The van der Waals surface area contributed by atoms with Crippen molar-refractivity contribution in [3.8, 4) is 5.75 Å². The van der Waals surface area contributed by atoms with E-state index in [1.807, 2.05) is 0 Å². The van der Waals surface area contributed by atoms with Gasteiger partial charge in [-0.3, -0.25) is 4.98 Å². The Hall–Kier alpha value is -1.23. The highest BCUT2D eigenvalue weighted by atomic mass is 32.2. The second kappa shape index (κ2) is 4.16. The van der Waals surface area contributed by atoms with Gasteiger partial charge in [0.25, 0.3) is 0 Å². The van der Waals surface area contributed by atoms with Gasteiger partial charge in [0.05, 0.1) is 12.3 Å². The lowest BCUT2D eigenvalue weighted by atomic mass is 10.4. The maximum atomic E-state index is 11.5. The van der Waals surface area contributed by atoms with Crippen LogP contribution < -0.4 is 15.0 Å². The van der Waals surface area contributed by atoms with Crippen molar-refractivity contribution in [3.63, 3.8) is 0 Å². The van der Waals surface area contributed by atoms with Gasteiger partial charge in [-0.2, -0.15) is 0 Å². The first kappa shape index (κ1) is 13.2. The van der Waals surface area contributed by atoms with Crippen LogP contribution in [0.4, 0.5) is 0 Å². The maximum absolute atomic E-state index is 11.5. The molecule has 1 aromatic rings. The highest BCUT2D eigenvalue weighted by Crippen LogP contribution is 2.33. The second-order valence-electron chi connectivity index (χ2n) is 3.87. The van der Waals surface area contributed by atoms with Gasteiger partial charge in [0.15, 0.2) is 5.75 Å². The standard InChI is InChI=1S/C8H11N3O5S2/c9-17(12,13)7-4-11-3-6(16-5-1-2-5)8(7)18(10,14)15/h3-5H,1-2H2,(H2,9,12,13)(H2,10,14,15). The molecule has 0 atom stereocenters. The summed E-state index contributed by atoms with van der Waals surface area (Å²) < 4.78 is 50.9. The zero-order chi connectivity index (χ0) is 13.6. The smallest absolute Gasteiger partial charge is 0.243 e. The van der Waals surface area contributed by atoms with Gasteiger partial charge in [0.1, 0.15) is 9.79 Å². The summed E-state index contributed by atoms with van der Waals surface area (Å²) in [6.07, 6.45) is 3.33. The number of ether oxygens (including phenoxy) is 1. The van der Waals surface area contributed by atoms with Gasteiger partial charge in [-0.05, 0) is 12.8 Å². The van der Waals surface area contributed by atoms with Gasteiger partial charge < -0.3 is 4.74 Å². The SMILES string of the molecule is NS(=O)(=O)c1cncc(OC2CC2)c1S(N)(=O)=O. The highest BCUT2D eigenvalue weighted by Gasteiger charge is 2.31. The molecule has 1 aliphatic carbocycles. The number of pyridine rings is 1. The molecule has 2 rings (SSSR count). The zero-order valence-corrected chi connectivity index (χ0v) is 10.7.